The van der Waals surface area contributed by atoms with Crippen molar-refractivity contribution < 1.29 is 19.1 Å². The number of amides is 1. The van der Waals surface area contributed by atoms with Crippen LogP contribution in [0.2, 0.25) is 10.0 Å². The first-order valence-electron chi connectivity index (χ1n) is 7.02. The molecular weight excluding hydrogens is 353 g/mol. The first-order chi connectivity index (χ1) is 11.4. The summed E-state index contributed by atoms with van der Waals surface area (Å²) in [6.07, 6.45) is -1.03. The van der Waals surface area contributed by atoms with Gasteiger partial charge < -0.3 is 14.8 Å². The zero-order valence-corrected chi connectivity index (χ0v) is 14.5. The third-order valence-electron chi connectivity index (χ3n) is 3.17. The number of anilines is 1. The second-order valence-corrected chi connectivity index (χ2v) is 5.70. The summed E-state index contributed by atoms with van der Waals surface area (Å²) in [5.41, 5.74) is 0.579. The van der Waals surface area contributed by atoms with Gasteiger partial charge in [-0.25, -0.2) is 4.79 Å². The van der Waals surface area contributed by atoms with E-state index in [0.29, 0.717) is 21.5 Å². The number of carbonyl (C=O) groups is 2. The van der Waals surface area contributed by atoms with Crippen LogP contribution in [-0.4, -0.2) is 25.1 Å². The molecule has 5 nitrogen and oxygen atoms in total. The second-order valence-electron chi connectivity index (χ2n) is 4.86. The Bertz CT molecular complexity index is 764. The van der Waals surface area contributed by atoms with Crippen molar-refractivity contribution >= 4 is 40.8 Å². The van der Waals surface area contributed by atoms with Crippen molar-refractivity contribution in [2.75, 3.05) is 12.4 Å². The number of esters is 1. The number of benzene rings is 2. The molecule has 24 heavy (non-hydrogen) atoms. The number of nitrogens with one attached hydrogen (secondary N) is 1. The first kappa shape index (κ1) is 18.1. The van der Waals surface area contributed by atoms with Crippen molar-refractivity contribution in [3.05, 3.63) is 58.1 Å². The van der Waals surface area contributed by atoms with E-state index in [1.165, 1.54) is 20.1 Å². The Morgan fingerprint density at radius 2 is 1.83 bits per heavy atom. The first-order valence-corrected chi connectivity index (χ1v) is 7.78. The van der Waals surface area contributed by atoms with E-state index in [1.54, 1.807) is 36.4 Å². The van der Waals surface area contributed by atoms with Crippen molar-refractivity contribution in [1.82, 2.24) is 0 Å². The topological polar surface area (TPSA) is 64.6 Å². The van der Waals surface area contributed by atoms with Gasteiger partial charge in [-0.05, 0) is 37.3 Å². The van der Waals surface area contributed by atoms with Crippen LogP contribution in [0.25, 0.3) is 0 Å². The van der Waals surface area contributed by atoms with Crippen LogP contribution in [0.5, 0.6) is 5.75 Å². The molecule has 0 unspecified atom stereocenters. The Labute approximate surface area is 149 Å². The van der Waals surface area contributed by atoms with Crippen LogP contribution >= 0.6 is 23.2 Å². The number of para-hydroxylation sites is 1. The van der Waals surface area contributed by atoms with Crippen molar-refractivity contribution in [1.29, 1.82) is 0 Å². The summed E-state index contributed by atoms with van der Waals surface area (Å²) in [5, 5.41) is 3.33. The fourth-order valence-corrected chi connectivity index (χ4v) is 2.26. The van der Waals surface area contributed by atoms with Crippen LogP contribution in [0.3, 0.4) is 0 Å². The Balaban J connectivity index is 2.06. The number of hydrogen-bond donors (Lipinski definition) is 1. The molecule has 0 bridgehead atoms. The number of halogens is 2. The summed E-state index contributed by atoms with van der Waals surface area (Å²) in [6.45, 7) is 1.46. The molecule has 0 fully saturated rings. The Hall–Kier alpha value is -2.24. The Morgan fingerprint density at radius 3 is 2.54 bits per heavy atom. The molecule has 0 spiro atoms. The molecule has 2 rings (SSSR count). The van der Waals surface area contributed by atoms with E-state index in [2.05, 4.69) is 5.32 Å². The number of methoxy groups -OCH3 is 1. The lowest BCUT2D eigenvalue weighted by Crippen LogP contribution is -2.30. The molecule has 0 saturated heterocycles. The predicted octanol–water partition coefficient (Wildman–Crippen LogP) is 4.19. The maximum Gasteiger partial charge on any atom is 0.342 e. The lowest BCUT2D eigenvalue weighted by molar-refractivity contribution is -0.123. The molecule has 0 aromatic heterocycles. The van der Waals surface area contributed by atoms with Crippen LogP contribution < -0.4 is 10.1 Å². The highest BCUT2D eigenvalue weighted by atomic mass is 35.5. The molecule has 1 atom stereocenters. The number of hydrogen-bond acceptors (Lipinski definition) is 4. The highest BCUT2D eigenvalue weighted by molar-refractivity contribution is 6.35. The third kappa shape index (κ3) is 4.40. The normalized spacial score (nSPS) is 11.5. The van der Waals surface area contributed by atoms with Crippen molar-refractivity contribution in [3.63, 3.8) is 0 Å². The summed E-state index contributed by atoms with van der Waals surface area (Å²) < 4.78 is 10.3. The Kier molecular flexibility index (Phi) is 6.06. The molecule has 1 N–H and O–H groups in total. The second kappa shape index (κ2) is 8.04. The van der Waals surface area contributed by atoms with Crippen LogP contribution in [0.15, 0.2) is 42.5 Å². The lowest BCUT2D eigenvalue weighted by Gasteiger charge is -2.15. The minimum atomic E-state index is -1.03. The van der Waals surface area contributed by atoms with Gasteiger partial charge >= 0.3 is 5.97 Å². The Morgan fingerprint density at radius 1 is 1.12 bits per heavy atom. The van der Waals surface area contributed by atoms with Crippen LogP contribution in [-0.2, 0) is 9.53 Å². The zero-order valence-electron chi connectivity index (χ0n) is 13.0. The maximum absolute atomic E-state index is 12.2. The van der Waals surface area contributed by atoms with Gasteiger partial charge in [0.2, 0.25) is 0 Å². The largest absolute Gasteiger partial charge is 0.496 e. The molecule has 0 aliphatic carbocycles. The maximum atomic E-state index is 12.2. The SMILES string of the molecule is COc1ccccc1C(=O)O[C@@H](C)C(=O)Nc1cc(Cl)ccc1Cl. The average Bonchev–Trinajstić information content (AvgIpc) is 2.57. The van der Waals surface area contributed by atoms with Gasteiger partial charge in [0.1, 0.15) is 11.3 Å². The van der Waals surface area contributed by atoms with Gasteiger partial charge in [0.05, 0.1) is 17.8 Å². The van der Waals surface area contributed by atoms with E-state index >= 15 is 0 Å². The van der Waals surface area contributed by atoms with Crippen LogP contribution in [0.4, 0.5) is 5.69 Å². The number of carbonyl (C=O) groups excluding carboxylic acids is 2. The smallest absolute Gasteiger partial charge is 0.342 e. The monoisotopic (exact) mass is 367 g/mol. The molecule has 0 saturated carbocycles. The molecular formula is C17H15Cl2NO4. The van der Waals surface area contributed by atoms with Gasteiger partial charge in [-0.2, -0.15) is 0 Å². The van der Waals surface area contributed by atoms with E-state index in [0.717, 1.165) is 0 Å². The lowest BCUT2D eigenvalue weighted by atomic mass is 10.2. The molecule has 0 aliphatic rings. The highest BCUT2D eigenvalue weighted by Gasteiger charge is 2.21. The van der Waals surface area contributed by atoms with E-state index in [4.69, 9.17) is 32.7 Å². The van der Waals surface area contributed by atoms with Gasteiger partial charge in [0.15, 0.2) is 6.10 Å². The molecule has 126 valence electrons. The number of ether oxygens (including phenoxy) is 2. The van der Waals surface area contributed by atoms with E-state index in [-0.39, 0.29) is 5.56 Å². The fourth-order valence-electron chi connectivity index (χ4n) is 1.92. The fraction of sp³-hybridized carbons (Fsp3) is 0.176. The van der Waals surface area contributed by atoms with Gasteiger partial charge in [0.25, 0.3) is 5.91 Å². The standard InChI is InChI=1S/C17H15Cl2NO4/c1-10(16(21)20-14-9-11(18)7-8-13(14)19)24-17(22)12-5-3-4-6-15(12)23-2/h3-10H,1-2H3,(H,20,21)/t10-/m0/s1. The minimum Gasteiger partial charge on any atom is -0.496 e. The van der Waals surface area contributed by atoms with Crippen molar-refractivity contribution in [2.45, 2.75) is 13.0 Å². The van der Waals surface area contributed by atoms with Crippen molar-refractivity contribution in [2.24, 2.45) is 0 Å². The highest BCUT2D eigenvalue weighted by Crippen LogP contribution is 2.26. The zero-order chi connectivity index (χ0) is 17.7. The summed E-state index contributed by atoms with van der Waals surface area (Å²) in [7, 11) is 1.45. The third-order valence-corrected chi connectivity index (χ3v) is 3.73. The predicted molar refractivity (Wildman–Crippen MR) is 93.0 cm³/mol. The quantitative estimate of drug-likeness (QED) is 0.804. The van der Waals surface area contributed by atoms with Crippen molar-refractivity contribution in [3.8, 4) is 5.75 Å². The average molecular weight is 368 g/mol. The van der Waals surface area contributed by atoms with Gasteiger partial charge in [0, 0.05) is 5.02 Å². The van der Waals surface area contributed by atoms with E-state index < -0.39 is 18.0 Å². The summed E-state index contributed by atoms with van der Waals surface area (Å²) >= 11 is 11.9. The van der Waals surface area contributed by atoms with E-state index in [9.17, 15) is 9.59 Å². The number of rotatable bonds is 5. The summed E-state index contributed by atoms with van der Waals surface area (Å²) in [4.78, 5) is 24.4. The summed E-state index contributed by atoms with van der Waals surface area (Å²) in [5.74, 6) is -0.817. The van der Waals surface area contributed by atoms with Gasteiger partial charge in [-0.1, -0.05) is 35.3 Å². The molecule has 2 aromatic rings. The van der Waals surface area contributed by atoms with Crippen LogP contribution in [0, 0.1) is 0 Å². The molecule has 2 aromatic carbocycles. The molecule has 1 amide bonds. The molecule has 0 radical (unpaired) electrons. The van der Waals surface area contributed by atoms with Crippen LogP contribution in [0.1, 0.15) is 17.3 Å². The summed E-state index contributed by atoms with van der Waals surface area (Å²) in [6, 6.07) is 11.3. The van der Waals surface area contributed by atoms with Gasteiger partial charge in [-0.15, -0.1) is 0 Å². The molecule has 0 aliphatic heterocycles. The molecule has 0 heterocycles. The van der Waals surface area contributed by atoms with E-state index in [1.807, 2.05) is 0 Å². The van der Waals surface area contributed by atoms with Gasteiger partial charge in [-0.3, -0.25) is 4.79 Å². The minimum absolute atomic E-state index is 0.237. The molecule has 7 heteroatoms.